The molecule has 0 aliphatic carbocycles. The number of unbranched alkanes of at least 4 members (excludes halogenated alkanes) is 1. The molecule has 198 valence electrons. The van der Waals surface area contributed by atoms with E-state index in [1.165, 1.54) is 4.90 Å². The number of alkyl carbamates (subject to hydrolysis) is 1. The summed E-state index contributed by atoms with van der Waals surface area (Å²) >= 11 is 0. The number of aliphatic hydroxyl groups excluding tert-OH is 1. The largest absolute Gasteiger partial charge is 0.444 e. The molecular formula is C27H45N3O5. The maximum absolute atomic E-state index is 13.7. The number of carbonyl (C=O) groups excluding carboxylic acids is 3. The van der Waals surface area contributed by atoms with Crippen LogP contribution in [0.1, 0.15) is 91.3 Å². The van der Waals surface area contributed by atoms with Gasteiger partial charge in [-0.3, -0.25) is 9.59 Å². The highest BCUT2D eigenvalue weighted by Gasteiger charge is 2.36. The van der Waals surface area contributed by atoms with Crippen molar-refractivity contribution in [1.29, 1.82) is 0 Å². The first-order valence-corrected chi connectivity index (χ1v) is 12.8. The molecule has 8 heteroatoms. The van der Waals surface area contributed by atoms with E-state index in [1.54, 1.807) is 20.8 Å². The van der Waals surface area contributed by atoms with E-state index in [4.69, 9.17) is 4.74 Å². The van der Waals surface area contributed by atoms with E-state index in [0.29, 0.717) is 18.5 Å². The fraction of sp³-hybridized carbons (Fsp3) is 0.667. The van der Waals surface area contributed by atoms with E-state index in [0.717, 1.165) is 31.2 Å². The van der Waals surface area contributed by atoms with Crippen LogP contribution >= 0.6 is 0 Å². The van der Waals surface area contributed by atoms with Crippen LogP contribution in [0.15, 0.2) is 24.3 Å². The molecule has 0 bridgehead atoms. The number of aryl methyl sites for hydroxylation is 1. The van der Waals surface area contributed by atoms with Crippen molar-refractivity contribution in [2.24, 2.45) is 0 Å². The average Bonchev–Trinajstić information content (AvgIpc) is 2.78. The number of aliphatic hydroxyl groups is 1. The Morgan fingerprint density at radius 3 is 2.14 bits per heavy atom. The molecule has 1 rings (SSSR count). The van der Waals surface area contributed by atoms with Gasteiger partial charge in [0.1, 0.15) is 17.7 Å². The molecule has 0 aromatic heterocycles. The third-order valence-corrected chi connectivity index (χ3v) is 5.58. The number of nitrogens with zero attached hydrogens (tertiary/aromatic N) is 1. The summed E-state index contributed by atoms with van der Waals surface area (Å²) in [5.41, 5.74) is 1.05. The van der Waals surface area contributed by atoms with Crippen LogP contribution in [0.2, 0.25) is 0 Å². The highest BCUT2D eigenvalue weighted by atomic mass is 16.6. The van der Waals surface area contributed by atoms with Crippen molar-refractivity contribution in [3.63, 3.8) is 0 Å². The van der Waals surface area contributed by atoms with E-state index in [2.05, 4.69) is 24.5 Å². The van der Waals surface area contributed by atoms with E-state index in [9.17, 15) is 19.5 Å². The Bertz CT molecular complexity index is 804. The fourth-order valence-electron chi connectivity index (χ4n) is 3.77. The SMILES string of the molecule is CCCCN(C(=O)C(CO)NC(=O)OC(C)(C)C)C(C(=O)NC(C)CCC)c1ccc(CC)cc1. The van der Waals surface area contributed by atoms with Gasteiger partial charge in [-0.1, -0.05) is 57.9 Å². The number of ether oxygens (including phenoxy) is 1. The van der Waals surface area contributed by atoms with Gasteiger partial charge in [0.25, 0.3) is 0 Å². The normalized spacial score (nSPS) is 13.9. The molecule has 3 atom stereocenters. The van der Waals surface area contributed by atoms with Crippen molar-refractivity contribution in [2.45, 2.75) is 104 Å². The minimum Gasteiger partial charge on any atom is -0.444 e. The number of benzene rings is 1. The molecule has 0 fully saturated rings. The first kappa shape index (κ1) is 30.4. The van der Waals surface area contributed by atoms with Crippen molar-refractivity contribution in [2.75, 3.05) is 13.2 Å². The van der Waals surface area contributed by atoms with Crippen LogP contribution < -0.4 is 10.6 Å². The monoisotopic (exact) mass is 491 g/mol. The van der Waals surface area contributed by atoms with Crippen LogP contribution in [-0.4, -0.2) is 58.8 Å². The van der Waals surface area contributed by atoms with Crippen LogP contribution in [-0.2, 0) is 20.7 Å². The number of rotatable bonds is 13. The van der Waals surface area contributed by atoms with Gasteiger partial charge in [0.2, 0.25) is 11.8 Å². The average molecular weight is 492 g/mol. The smallest absolute Gasteiger partial charge is 0.408 e. The number of amides is 3. The Hall–Kier alpha value is -2.61. The first-order chi connectivity index (χ1) is 16.5. The van der Waals surface area contributed by atoms with Gasteiger partial charge in [-0.25, -0.2) is 4.79 Å². The molecule has 3 N–H and O–H groups in total. The van der Waals surface area contributed by atoms with Crippen LogP contribution in [0, 0.1) is 0 Å². The van der Waals surface area contributed by atoms with Gasteiger partial charge >= 0.3 is 6.09 Å². The molecule has 0 heterocycles. The van der Waals surface area contributed by atoms with E-state index in [1.807, 2.05) is 38.1 Å². The molecule has 0 aliphatic rings. The summed E-state index contributed by atoms with van der Waals surface area (Å²) < 4.78 is 5.27. The zero-order valence-corrected chi connectivity index (χ0v) is 22.5. The van der Waals surface area contributed by atoms with Gasteiger partial charge in [0.15, 0.2) is 0 Å². The van der Waals surface area contributed by atoms with E-state index >= 15 is 0 Å². The minimum atomic E-state index is -1.24. The van der Waals surface area contributed by atoms with Crippen LogP contribution in [0.25, 0.3) is 0 Å². The molecule has 0 radical (unpaired) electrons. The Kier molecular flexibility index (Phi) is 12.8. The lowest BCUT2D eigenvalue weighted by Gasteiger charge is -2.34. The molecular weight excluding hydrogens is 446 g/mol. The molecule has 0 aliphatic heterocycles. The predicted octanol–water partition coefficient (Wildman–Crippen LogP) is 4.11. The third-order valence-electron chi connectivity index (χ3n) is 5.58. The second-order valence-corrected chi connectivity index (χ2v) is 9.96. The number of nitrogens with one attached hydrogen (secondary N) is 2. The molecule has 1 aromatic carbocycles. The second kappa shape index (κ2) is 14.7. The first-order valence-electron chi connectivity index (χ1n) is 12.8. The maximum atomic E-state index is 13.7. The molecule has 0 saturated carbocycles. The summed E-state index contributed by atoms with van der Waals surface area (Å²) in [5, 5.41) is 15.5. The van der Waals surface area contributed by atoms with Gasteiger partial charge in [0.05, 0.1) is 6.61 Å². The van der Waals surface area contributed by atoms with Gasteiger partial charge in [0, 0.05) is 12.6 Å². The number of hydrogen-bond donors (Lipinski definition) is 3. The summed E-state index contributed by atoms with van der Waals surface area (Å²) in [5.74, 6) is -0.816. The zero-order chi connectivity index (χ0) is 26.6. The van der Waals surface area contributed by atoms with Crippen molar-refractivity contribution in [3.05, 3.63) is 35.4 Å². The van der Waals surface area contributed by atoms with Crippen LogP contribution in [0.3, 0.4) is 0 Å². The Morgan fingerprint density at radius 1 is 1.03 bits per heavy atom. The van der Waals surface area contributed by atoms with Gasteiger partial charge in [-0.15, -0.1) is 0 Å². The molecule has 1 aromatic rings. The highest BCUT2D eigenvalue weighted by Crippen LogP contribution is 2.24. The fourth-order valence-corrected chi connectivity index (χ4v) is 3.77. The quantitative estimate of drug-likeness (QED) is 0.385. The van der Waals surface area contributed by atoms with E-state index < -0.39 is 36.3 Å². The summed E-state index contributed by atoms with van der Waals surface area (Å²) in [7, 11) is 0. The Balaban J connectivity index is 3.37. The van der Waals surface area contributed by atoms with Crippen molar-refractivity contribution >= 4 is 17.9 Å². The lowest BCUT2D eigenvalue weighted by atomic mass is 9.99. The zero-order valence-electron chi connectivity index (χ0n) is 22.5. The third kappa shape index (κ3) is 10.3. The molecule has 8 nitrogen and oxygen atoms in total. The molecule has 3 unspecified atom stereocenters. The highest BCUT2D eigenvalue weighted by molar-refractivity contribution is 5.92. The van der Waals surface area contributed by atoms with Crippen LogP contribution in [0.5, 0.6) is 0 Å². The van der Waals surface area contributed by atoms with Gasteiger partial charge in [-0.2, -0.15) is 0 Å². The summed E-state index contributed by atoms with van der Waals surface area (Å²) in [4.78, 5) is 41.0. The lowest BCUT2D eigenvalue weighted by Crippen LogP contribution is -2.55. The van der Waals surface area contributed by atoms with Gasteiger partial charge < -0.3 is 25.4 Å². The minimum absolute atomic E-state index is 0.0541. The summed E-state index contributed by atoms with van der Waals surface area (Å²) in [6, 6.07) is 5.46. The topological polar surface area (TPSA) is 108 Å². The molecule has 3 amide bonds. The number of hydrogen-bond acceptors (Lipinski definition) is 5. The molecule has 0 saturated heterocycles. The van der Waals surface area contributed by atoms with E-state index in [-0.39, 0.29) is 11.9 Å². The molecule has 0 spiro atoms. The van der Waals surface area contributed by atoms with Crippen LogP contribution in [0.4, 0.5) is 4.79 Å². The molecule has 35 heavy (non-hydrogen) atoms. The van der Waals surface area contributed by atoms with Crippen molar-refractivity contribution < 1.29 is 24.2 Å². The Morgan fingerprint density at radius 2 is 1.66 bits per heavy atom. The lowest BCUT2D eigenvalue weighted by molar-refractivity contribution is -0.143. The summed E-state index contributed by atoms with van der Waals surface area (Å²) in [6.45, 7) is 12.9. The van der Waals surface area contributed by atoms with Crippen molar-refractivity contribution in [1.82, 2.24) is 15.5 Å². The standard InChI is InChI=1S/C27H45N3O5/c1-8-11-17-30(25(33)22(18-31)29-26(34)35-27(5,6)7)23(24(32)28-19(4)12-9-2)21-15-13-20(10-3)14-16-21/h13-16,19,22-23,31H,8-12,17-18H2,1-7H3,(H,28,32)(H,29,34). The predicted molar refractivity (Wildman–Crippen MR) is 138 cm³/mol. The summed E-state index contributed by atoms with van der Waals surface area (Å²) in [6.07, 6.45) is 3.26. The van der Waals surface area contributed by atoms with Crippen molar-refractivity contribution in [3.8, 4) is 0 Å². The second-order valence-electron chi connectivity index (χ2n) is 9.96. The Labute approximate surface area is 210 Å². The van der Waals surface area contributed by atoms with Gasteiger partial charge in [-0.05, 0) is 58.1 Å². The number of carbonyl (C=O) groups is 3. The maximum Gasteiger partial charge on any atom is 0.408 e.